The first-order chi connectivity index (χ1) is 11.7. The van der Waals surface area contributed by atoms with Gasteiger partial charge >= 0.3 is 0 Å². The summed E-state index contributed by atoms with van der Waals surface area (Å²) in [5.74, 6) is 0.960. The highest BCUT2D eigenvalue weighted by atomic mass is 79.9. The lowest BCUT2D eigenvalue weighted by atomic mass is 10.1. The van der Waals surface area contributed by atoms with Crippen LogP contribution in [0, 0.1) is 0 Å². The fourth-order valence-corrected chi connectivity index (χ4v) is 2.64. The summed E-state index contributed by atoms with van der Waals surface area (Å²) in [4.78, 5) is 16.5. The Bertz CT molecular complexity index is 780. The van der Waals surface area contributed by atoms with E-state index in [9.17, 15) is 0 Å². The minimum Gasteiger partial charge on any atom is -0.347 e. The molecule has 24 heavy (non-hydrogen) atoms. The Morgan fingerprint density at radius 3 is 2.42 bits per heavy atom. The van der Waals surface area contributed by atoms with Gasteiger partial charge in [0.05, 0.1) is 29.8 Å². The molecule has 6 heteroatoms. The highest BCUT2D eigenvalue weighted by Gasteiger charge is 2.10. The lowest BCUT2D eigenvalue weighted by molar-refractivity contribution is 0.549. The van der Waals surface area contributed by atoms with E-state index in [1.807, 2.05) is 18.3 Å². The maximum atomic E-state index is 4.70. The number of hydrogen-bond acceptors (Lipinski definition) is 4. The molecular weight excluding hydrogens is 366 g/mol. The number of rotatable bonds is 6. The van der Waals surface area contributed by atoms with Crippen molar-refractivity contribution in [2.75, 3.05) is 6.54 Å². The predicted molar refractivity (Wildman–Crippen MR) is 99.5 cm³/mol. The van der Waals surface area contributed by atoms with Crippen molar-refractivity contribution in [1.82, 2.24) is 25.3 Å². The van der Waals surface area contributed by atoms with Crippen LogP contribution in [0.15, 0.2) is 47.5 Å². The van der Waals surface area contributed by atoms with Crippen LogP contribution in [0.5, 0.6) is 0 Å². The monoisotopic (exact) mass is 385 g/mol. The van der Waals surface area contributed by atoms with Crippen LogP contribution in [0.1, 0.15) is 32.1 Å². The van der Waals surface area contributed by atoms with Crippen molar-refractivity contribution in [2.24, 2.45) is 0 Å². The van der Waals surface area contributed by atoms with Crippen molar-refractivity contribution in [3.63, 3.8) is 0 Å². The third kappa shape index (κ3) is 3.88. The van der Waals surface area contributed by atoms with Crippen LogP contribution in [-0.4, -0.2) is 26.5 Å². The number of nitrogens with zero attached hydrogens (tertiary/aromatic N) is 3. The molecule has 2 heterocycles. The van der Waals surface area contributed by atoms with Crippen molar-refractivity contribution in [1.29, 1.82) is 0 Å². The van der Waals surface area contributed by atoms with E-state index in [0.717, 1.165) is 45.9 Å². The standard InChI is InChI=1S/C18H20BrN5/c1-3-8-20-12(2)18-23-10-16(24-18)14-6-4-13(5-7-14)15-9-22-17(19)11-21-15/h4-7,9-12,20H,3,8H2,1-2H3,(H,23,24)/t12-/m0/s1. The zero-order valence-electron chi connectivity index (χ0n) is 13.8. The summed E-state index contributed by atoms with van der Waals surface area (Å²) in [7, 11) is 0. The third-order valence-corrected chi connectivity index (χ3v) is 4.21. The second-order valence-electron chi connectivity index (χ2n) is 5.65. The molecule has 0 aliphatic carbocycles. The highest BCUT2D eigenvalue weighted by Crippen LogP contribution is 2.23. The van der Waals surface area contributed by atoms with Crippen LogP contribution < -0.4 is 5.32 Å². The molecule has 124 valence electrons. The first-order valence-corrected chi connectivity index (χ1v) is 8.83. The summed E-state index contributed by atoms with van der Waals surface area (Å²) in [6.07, 6.45) is 6.52. The van der Waals surface area contributed by atoms with Crippen molar-refractivity contribution >= 4 is 15.9 Å². The van der Waals surface area contributed by atoms with Gasteiger partial charge in [-0.25, -0.2) is 9.97 Å². The summed E-state index contributed by atoms with van der Waals surface area (Å²) < 4.78 is 0.734. The zero-order valence-corrected chi connectivity index (χ0v) is 15.3. The Balaban J connectivity index is 1.76. The van der Waals surface area contributed by atoms with Gasteiger partial charge in [0.2, 0.25) is 0 Å². The molecule has 0 aliphatic rings. The molecule has 3 rings (SSSR count). The van der Waals surface area contributed by atoms with Crippen LogP contribution in [-0.2, 0) is 0 Å². The van der Waals surface area contributed by atoms with Gasteiger partial charge in [-0.1, -0.05) is 31.2 Å². The first-order valence-electron chi connectivity index (χ1n) is 8.04. The van der Waals surface area contributed by atoms with Crippen molar-refractivity contribution in [2.45, 2.75) is 26.3 Å². The Hall–Kier alpha value is -2.05. The fraction of sp³-hybridized carbons (Fsp3) is 0.278. The lowest BCUT2D eigenvalue weighted by Gasteiger charge is -2.09. The summed E-state index contributed by atoms with van der Waals surface area (Å²) in [5, 5.41) is 3.44. The van der Waals surface area contributed by atoms with Gasteiger partial charge in [0, 0.05) is 17.3 Å². The Morgan fingerprint density at radius 1 is 1.08 bits per heavy atom. The van der Waals surface area contributed by atoms with E-state index in [4.69, 9.17) is 4.98 Å². The average Bonchev–Trinajstić information content (AvgIpc) is 3.11. The van der Waals surface area contributed by atoms with Crippen molar-refractivity contribution < 1.29 is 0 Å². The maximum Gasteiger partial charge on any atom is 0.124 e. The maximum absolute atomic E-state index is 4.70. The van der Waals surface area contributed by atoms with Crippen LogP contribution >= 0.6 is 15.9 Å². The summed E-state index contributed by atoms with van der Waals surface area (Å²) in [5.41, 5.74) is 3.91. The molecule has 0 saturated carbocycles. The topological polar surface area (TPSA) is 66.5 Å². The minimum atomic E-state index is 0.219. The van der Waals surface area contributed by atoms with E-state index in [1.54, 1.807) is 12.4 Å². The first kappa shape index (κ1) is 16.8. The van der Waals surface area contributed by atoms with E-state index in [0.29, 0.717) is 0 Å². The zero-order chi connectivity index (χ0) is 16.9. The number of imidazole rings is 1. The molecule has 1 atom stereocenters. The molecule has 0 amide bonds. The van der Waals surface area contributed by atoms with Gasteiger partial charge in [-0.2, -0.15) is 0 Å². The van der Waals surface area contributed by atoms with Gasteiger partial charge in [-0.05, 0) is 35.8 Å². The predicted octanol–water partition coefficient (Wildman–Crippen LogP) is 4.36. The molecule has 0 saturated heterocycles. The van der Waals surface area contributed by atoms with Gasteiger partial charge in [0.1, 0.15) is 10.4 Å². The summed E-state index contributed by atoms with van der Waals surface area (Å²) in [6, 6.07) is 8.42. The van der Waals surface area contributed by atoms with Crippen LogP contribution in [0.3, 0.4) is 0 Å². The SMILES string of the molecule is CCCN[C@@H](C)c1nc(-c2ccc(-c3cnc(Br)cn3)cc2)c[nH]1. The summed E-state index contributed by atoms with van der Waals surface area (Å²) in [6.45, 7) is 5.26. The second-order valence-corrected chi connectivity index (χ2v) is 6.46. The fourth-order valence-electron chi connectivity index (χ4n) is 2.44. The molecule has 0 aliphatic heterocycles. The molecule has 1 aromatic carbocycles. The number of nitrogens with one attached hydrogen (secondary N) is 2. The van der Waals surface area contributed by atoms with E-state index in [2.05, 4.69) is 62.2 Å². The highest BCUT2D eigenvalue weighted by molar-refractivity contribution is 9.10. The molecule has 2 N–H and O–H groups in total. The molecule has 2 aromatic heterocycles. The smallest absolute Gasteiger partial charge is 0.124 e. The van der Waals surface area contributed by atoms with Crippen LogP contribution in [0.25, 0.3) is 22.5 Å². The van der Waals surface area contributed by atoms with Crippen molar-refractivity contribution in [3.05, 3.63) is 53.3 Å². The number of halogens is 1. The Morgan fingerprint density at radius 2 is 1.79 bits per heavy atom. The lowest BCUT2D eigenvalue weighted by Crippen LogP contribution is -2.20. The van der Waals surface area contributed by atoms with Gasteiger partial charge in [-0.3, -0.25) is 4.98 Å². The van der Waals surface area contributed by atoms with E-state index >= 15 is 0 Å². The summed E-state index contributed by atoms with van der Waals surface area (Å²) >= 11 is 3.30. The van der Waals surface area contributed by atoms with E-state index < -0.39 is 0 Å². The number of hydrogen-bond donors (Lipinski definition) is 2. The molecule has 3 aromatic rings. The van der Waals surface area contributed by atoms with Gasteiger partial charge in [0.15, 0.2) is 0 Å². The molecule has 5 nitrogen and oxygen atoms in total. The Labute approximate surface area is 150 Å². The second kappa shape index (κ2) is 7.68. The number of benzene rings is 1. The normalized spacial score (nSPS) is 12.3. The Kier molecular flexibility index (Phi) is 5.37. The van der Waals surface area contributed by atoms with Crippen molar-refractivity contribution in [3.8, 4) is 22.5 Å². The molecule has 0 fully saturated rings. The number of aromatic nitrogens is 4. The molecule has 0 unspecified atom stereocenters. The largest absolute Gasteiger partial charge is 0.347 e. The van der Waals surface area contributed by atoms with E-state index in [-0.39, 0.29) is 6.04 Å². The van der Waals surface area contributed by atoms with Crippen LogP contribution in [0.4, 0.5) is 0 Å². The third-order valence-electron chi connectivity index (χ3n) is 3.81. The molecule has 0 spiro atoms. The molecule has 0 radical (unpaired) electrons. The van der Waals surface area contributed by atoms with Gasteiger partial charge in [0.25, 0.3) is 0 Å². The molecular formula is C18H20BrN5. The molecule has 0 bridgehead atoms. The minimum absolute atomic E-state index is 0.219. The van der Waals surface area contributed by atoms with Gasteiger partial charge < -0.3 is 10.3 Å². The number of H-pyrrole nitrogens is 1. The number of aromatic amines is 1. The quantitative estimate of drug-likeness (QED) is 0.661. The average molecular weight is 386 g/mol. The van der Waals surface area contributed by atoms with Gasteiger partial charge in [-0.15, -0.1) is 0 Å². The van der Waals surface area contributed by atoms with E-state index in [1.165, 1.54) is 0 Å². The van der Waals surface area contributed by atoms with Crippen LogP contribution in [0.2, 0.25) is 0 Å².